The molecule has 0 aliphatic carbocycles. The number of methoxy groups -OCH3 is 2. The Morgan fingerprint density at radius 3 is 2.38 bits per heavy atom. The van der Waals surface area contributed by atoms with Gasteiger partial charge in [0, 0.05) is 35.4 Å². The van der Waals surface area contributed by atoms with Gasteiger partial charge in [0.2, 0.25) is 0 Å². The molecule has 5 rings (SSSR count). The lowest BCUT2D eigenvalue weighted by Crippen LogP contribution is -2.50. The number of hydrogen-bond acceptors (Lipinski definition) is 6. The van der Waals surface area contributed by atoms with E-state index in [-0.39, 0.29) is 23.9 Å². The van der Waals surface area contributed by atoms with Crippen LogP contribution in [0.2, 0.25) is 0 Å². The van der Waals surface area contributed by atoms with Crippen molar-refractivity contribution in [3.8, 4) is 11.5 Å². The normalized spacial score (nSPS) is 20.7. The van der Waals surface area contributed by atoms with Crippen molar-refractivity contribution in [2.75, 3.05) is 19.1 Å². The Balaban J connectivity index is 1.20. The zero-order valence-electron chi connectivity index (χ0n) is 22.9. The van der Waals surface area contributed by atoms with E-state index in [2.05, 4.69) is 20.5 Å². The zero-order valence-corrected chi connectivity index (χ0v) is 22.9. The summed E-state index contributed by atoms with van der Waals surface area (Å²) in [5.41, 5.74) is 3.00. The largest absolute Gasteiger partial charge is 0.497 e. The van der Waals surface area contributed by atoms with Crippen LogP contribution in [-0.2, 0) is 0 Å². The van der Waals surface area contributed by atoms with Crippen LogP contribution in [0.25, 0.3) is 0 Å². The highest BCUT2D eigenvalue weighted by Gasteiger charge is 2.42. The van der Waals surface area contributed by atoms with E-state index in [0.29, 0.717) is 23.2 Å². The molecule has 204 valence electrons. The standard InChI is InChI=1S/C31H36N4O4/c1-19-27(9-6-10-28(19)39-4)31(37)34-23-16-24-12-13-25(17-23)35(24)29-14-11-22(18-32-29)30(36)33-20(2)21-7-5-8-26(15-21)38-3/h5-11,14-15,18,20,23-25H,12-13,16-17H2,1-4H3,(H,33,36)(H,34,37)/t20-,23-,24+,25-/m0/s1. The molecule has 8 nitrogen and oxygen atoms in total. The van der Waals surface area contributed by atoms with E-state index in [1.807, 2.05) is 68.4 Å². The van der Waals surface area contributed by atoms with E-state index in [1.54, 1.807) is 20.4 Å². The van der Waals surface area contributed by atoms with E-state index in [0.717, 1.165) is 54.1 Å². The van der Waals surface area contributed by atoms with Gasteiger partial charge >= 0.3 is 0 Å². The summed E-state index contributed by atoms with van der Waals surface area (Å²) < 4.78 is 10.7. The van der Waals surface area contributed by atoms with Gasteiger partial charge < -0.3 is 25.0 Å². The average molecular weight is 529 g/mol. The maximum absolute atomic E-state index is 13.1. The molecule has 2 saturated heterocycles. The second-order valence-corrected chi connectivity index (χ2v) is 10.4. The number of fused-ring (bicyclic) bond motifs is 2. The number of anilines is 1. The zero-order chi connectivity index (χ0) is 27.5. The lowest BCUT2D eigenvalue weighted by molar-refractivity contribution is 0.0922. The SMILES string of the molecule is COc1cccc([C@H](C)NC(=O)c2ccc(N3[C@@H]4CC[C@H]3C[C@@H](NC(=O)c3cccc(OC)c3C)C4)nc2)c1. The van der Waals surface area contributed by atoms with Gasteiger partial charge in [0.15, 0.2) is 0 Å². The summed E-state index contributed by atoms with van der Waals surface area (Å²) in [6.07, 6.45) is 5.52. The van der Waals surface area contributed by atoms with E-state index >= 15 is 0 Å². The van der Waals surface area contributed by atoms with Crippen molar-refractivity contribution in [2.45, 2.75) is 63.7 Å². The van der Waals surface area contributed by atoms with E-state index < -0.39 is 0 Å². The van der Waals surface area contributed by atoms with Crippen molar-refractivity contribution in [2.24, 2.45) is 0 Å². The molecular weight excluding hydrogens is 492 g/mol. The van der Waals surface area contributed by atoms with Crippen LogP contribution in [0.3, 0.4) is 0 Å². The first-order chi connectivity index (χ1) is 18.9. The van der Waals surface area contributed by atoms with Gasteiger partial charge in [0.05, 0.1) is 25.8 Å². The molecule has 2 aromatic carbocycles. The number of piperidine rings is 1. The number of nitrogens with one attached hydrogen (secondary N) is 2. The predicted octanol–water partition coefficient (Wildman–Crippen LogP) is 4.83. The molecule has 4 atom stereocenters. The van der Waals surface area contributed by atoms with Crippen LogP contribution in [0, 0.1) is 6.92 Å². The molecule has 2 aliphatic rings. The summed E-state index contributed by atoms with van der Waals surface area (Å²) in [6.45, 7) is 3.86. The monoisotopic (exact) mass is 528 g/mol. The van der Waals surface area contributed by atoms with Crippen LogP contribution in [0.15, 0.2) is 60.8 Å². The summed E-state index contributed by atoms with van der Waals surface area (Å²) in [7, 11) is 3.25. The van der Waals surface area contributed by atoms with Crippen molar-refractivity contribution in [1.82, 2.24) is 15.6 Å². The Kier molecular flexibility index (Phi) is 7.72. The van der Waals surface area contributed by atoms with Crippen molar-refractivity contribution in [3.05, 3.63) is 83.0 Å². The Labute approximate surface area is 229 Å². The third-order valence-corrected chi connectivity index (χ3v) is 8.03. The van der Waals surface area contributed by atoms with Gasteiger partial charge in [-0.05, 0) is 81.5 Å². The first-order valence-corrected chi connectivity index (χ1v) is 13.5. The molecule has 1 aromatic heterocycles. The Hall–Kier alpha value is -4.07. The predicted molar refractivity (Wildman–Crippen MR) is 151 cm³/mol. The number of aromatic nitrogens is 1. The van der Waals surface area contributed by atoms with Crippen LogP contribution in [-0.4, -0.2) is 49.1 Å². The van der Waals surface area contributed by atoms with Gasteiger partial charge in [-0.3, -0.25) is 9.59 Å². The van der Waals surface area contributed by atoms with Crippen molar-refractivity contribution in [3.63, 3.8) is 0 Å². The minimum Gasteiger partial charge on any atom is -0.497 e. The van der Waals surface area contributed by atoms with Crippen molar-refractivity contribution >= 4 is 17.6 Å². The Bertz CT molecular complexity index is 1330. The molecule has 8 heteroatoms. The molecule has 2 aliphatic heterocycles. The van der Waals surface area contributed by atoms with E-state index in [9.17, 15) is 9.59 Å². The minimum absolute atomic E-state index is 0.0547. The molecule has 39 heavy (non-hydrogen) atoms. The average Bonchev–Trinajstić information content (AvgIpc) is 3.22. The molecule has 0 saturated carbocycles. The van der Waals surface area contributed by atoms with Crippen molar-refractivity contribution < 1.29 is 19.1 Å². The second-order valence-electron chi connectivity index (χ2n) is 10.4. The number of ether oxygens (including phenoxy) is 2. The lowest BCUT2D eigenvalue weighted by atomic mass is 9.96. The number of amides is 2. The van der Waals surface area contributed by atoms with Gasteiger partial charge in [-0.1, -0.05) is 18.2 Å². The molecule has 0 spiro atoms. The molecule has 2 fully saturated rings. The topological polar surface area (TPSA) is 92.8 Å². The third kappa shape index (κ3) is 5.55. The van der Waals surface area contributed by atoms with Gasteiger partial charge in [-0.25, -0.2) is 4.98 Å². The number of benzene rings is 2. The highest BCUT2D eigenvalue weighted by Crippen LogP contribution is 2.38. The van der Waals surface area contributed by atoms with Crippen molar-refractivity contribution in [1.29, 1.82) is 0 Å². The van der Waals surface area contributed by atoms with Gasteiger partial charge in [0.1, 0.15) is 17.3 Å². The molecule has 3 heterocycles. The van der Waals surface area contributed by atoms with Gasteiger partial charge in [0.25, 0.3) is 11.8 Å². The number of rotatable bonds is 8. The fraction of sp³-hybridized carbons (Fsp3) is 0.387. The molecule has 0 unspecified atom stereocenters. The van der Waals surface area contributed by atoms with Crippen LogP contribution >= 0.6 is 0 Å². The molecule has 0 radical (unpaired) electrons. The van der Waals surface area contributed by atoms with Gasteiger partial charge in [-0.15, -0.1) is 0 Å². The number of carbonyl (C=O) groups is 2. The first-order valence-electron chi connectivity index (χ1n) is 13.5. The summed E-state index contributed by atoms with van der Waals surface area (Å²) in [5, 5.41) is 6.31. The maximum atomic E-state index is 13.1. The molecule has 2 N–H and O–H groups in total. The lowest BCUT2D eigenvalue weighted by Gasteiger charge is -2.40. The number of carbonyl (C=O) groups excluding carboxylic acids is 2. The summed E-state index contributed by atoms with van der Waals surface area (Å²) in [6, 6.07) is 17.6. The maximum Gasteiger partial charge on any atom is 0.253 e. The fourth-order valence-electron chi connectivity index (χ4n) is 5.96. The molecule has 3 aromatic rings. The quantitative estimate of drug-likeness (QED) is 0.435. The summed E-state index contributed by atoms with van der Waals surface area (Å²) in [4.78, 5) is 33.0. The van der Waals surface area contributed by atoms with Crippen LogP contribution in [0.5, 0.6) is 11.5 Å². The smallest absolute Gasteiger partial charge is 0.253 e. The number of pyridine rings is 1. The summed E-state index contributed by atoms with van der Waals surface area (Å²) in [5.74, 6) is 2.14. The molecular formula is C31H36N4O4. The second kappa shape index (κ2) is 11.4. The Morgan fingerprint density at radius 1 is 0.974 bits per heavy atom. The van der Waals surface area contributed by atoms with E-state index in [1.165, 1.54) is 0 Å². The highest BCUT2D eigenvalue weighted by molar-refractivity contribution is 5.96. The van der Waals surface area contributed by atoms with E-state index in [4.69, 9.17) is 9.47 Å². The first kappa shape index (κ1) is 26.5. The summed E-state index contributed by atoms with van der Waals surface area (Å²) >= 11 is 0. The molecule has 2 bridgehead atoms. The van der Waals surface area contributed by atoms with Crippen LogP contribution in [0.1, 0.15) is 70.5 Å². The fourth-order valence-corrected chi connectivity index (χ4v) is 5.96. The van der Waals surface area contributed by atoms with Crippen LogP contribution < -0.4 is 25.0 Å². The minimum atomic E-state index is -0.168. The Morgan fingerprint density at radius 2 is 1.72 bits per heavy atom. The number of nitrogens with zero attached hydrogens (tertiary/aromatic N) is 2. The van der Waals surface area contributed by atoms with Gasteiger partial charge in [-0.2, -0.15) is 0 Å². The highest BCUT2D eigenvalue weighted by atomic mass is 16.5. The number of hydrogen-bond donors (Lipinski definition) is 2. The van der Waals surface area contributed by atoms with Crippen LogP contribution in [0.4, 0.5) is 5.82 Å². The molecule has 2 amide bonds. The third-order valence-electron chi connectivity index (χ3n) is 8.03.